The summed E-state index contributed by atoms with van der Waals surface area (Å²) in [6.07, 6.45) is 4.93. The van der Waals surface area contributed by atoms with Crippen molar-refractivity contribution in [2.24, 2.45) is 0 Å². The molecule has 0 aliphatic carbocycles. The number of hydrogen-bond acceptors (Lipinski definition) is 6. The molecule has 7 nitrogen and oxygen atoms in total. The Bertz CT molecular complexity index is 1090. The van der Waals surface area contributed by atoms with Crippen molar-refractivity contribution in [3.63, 3.8) is 0 Å². The van der Waals surface area contributed by atoms with E-state index in [4.69, 9.17) is 28.9 Å². The van der Waals surface area contributed by atoms with Crippen molar-refractivity contribution >= 4 is 40.5 Å². The Morgan fingerprint density at radius 1 is 1.12 bits per heavy atom. The van der Waals surface area contributed by atoms with E-state index in [1.165, 1.54) is 6.33 Å². The highest BCUT2D eigenvalue weighted by Crippen LogP contribution is 2.28. The van der Waals surface area contributed by atoms with Crippen LogP contribution in [-0.2, 0) is 6.54 Å². The fraction of sp³-hybridized carbons (Fsp3) is 0.0588. The van der Waals surface area contributed by atoms with Gasteiger partial charge < -0.3 is 11.1 Å². The second-order valence-corrected chi connectivity index (χ2v) is 6.37. The summed E-state index contributed by atoms with van der Waals surface area (Å²) in [6, 6.07) is 8.95. The minimum absolute atomic E-state index is 0.356. The first-order valence-electron chi connectivity index (χ1n) is 7.71. The second kappa shape index (κ2) is 6.78. The summed E-state index contributed by atoms with van der Waals surface area (Å²) in [6.45, 7) is 0.495. The molecule has 3 heterocycles. The summed E-state index contributed by atoms with van der Waals surface area (Å²) in [7, 11) is 0. The highest BCUT2D eigenvalue weighted by atomic mass is 35.5. The molecular weight excluding hydrogens is 373 g/mol. The molecule has 0 bridgehead atoms. The topological polar surface area (TPSA) is 94.0 Å². The minimum atomic E-state index is 0.356. The van der Waals surface area contributed by atoms with E-state index in [9.17, 15) is 0 Å². The lowest BCUT2D eigenvalue weighted by Crippen LogP contribution is -2.03. The maximum Gasteiger partial charge on any atom is 0.166 e. The third kappa shape index (κ3) is 3.14. The second-order valence-electron chi connectivity index (χ2n) is 5.53. The van der Waals surface area contributed by atoms with Crippen LogP contribution >= 0.6 is 23.2 Å². The monoisotopic (exact) mass is 385 g/mol. The summed E-state index contributed by atoms with van der Waals surface area (Å²) in [4.78, 5) is 12.9. The van der Waals surface area contributed by atoms with Gasteiger partial charge in [-0.3, -0.25) is 0 Å². The molecule has 0 aliphatic heterocycles. The van der Waals surface area contributed by atoms with Gasteiger partial charge in [-0.1, -0.05) is 29.3 Å². The number of hydrogen-bond donors (Lipinski definition) is 2. The summed E-state index contributed by atoms with van der Waals surface area (Å²) < 4.78 is 1.62. The normalized spacial score (nSPS) is 11.0. The van der Waals surface area contributed by atoms with Gasteiger partial charge >= 0.3 is 0 Å². The molecule has 0 unspecified atom stereocenters. The van der Waals surface area contributed by atoms with Crippen molar-refractivity contribution in [2.75, 3.05) is 11.1 Å². The lowest BCUT2D eigenvalue weighted by Gasteiger charge is -2.08. The first kappa shape index (κ1) is 16.6. The first-order valence-corrected chi connectivity index (χ1v) is 8.46. The Morgan fingerprint density at radius 2 is 2.00 bits per heavy atom. The van der Waals surface area contributed by atoms with Gasteiger partial charge in [0.05, 0.1) is 11.3 Å². The zero-order valence-corrected chi connectivity index (χ0v) is 14.9. The Morgan fingerprint density at radius 3 is 2.85 bits per heavy atom. The number of nitrogens with two attached hydrogens (primary N) is 1. The quantitative estimate of drug-likeness (QED) is 0.556. The molecule has 4 aromatic rings. The molecule has 0 aliphatic rings. The smallest absolute Gasteiger partial charge is 0.166 e. The molecule has 0 spiro atoms. The highest BCUT2D eigenvalue weighted by molar-refractivity contribution is 6.35. The molecule has 0 fully saturated rings. The van der Waals surface area contributed by atoms with Gasteiger partial charge in [-0.15, -0.1) is 5.10 Å². The summed E-state index contributed by atoms with van der Waals surface area (Å²) in [5.74, 6) is 0.991. The Kier molecular flexibility index (Phi) is 4.32. The van der Waals surface area contributed by atoms with E-state index in [0.717, 1.165) is 5.56 Å². The van der Waals surface area contributed by atoms with Gasteiger partial charge in [0.2, 0.25) is 0 Å². The maximum atomic E-state index is 6.20. The van der Waals surface area contributed by atoms with Crippen LogP contribution in [0.5, 0.6) is 0 Å². The predicted molar refractivity (Wildman–Crippen MR) is 102 cm³/mol. The maximum absolute atomic E-state index is 6.20. The van der Waals surface area contributed by atoms with E-state index in [1.54, 1.807) is 41.2 Å². The fourth-order valence-electron chi connectivity index (χ4n) is 2.59. The molecule has 0 atom stereocenters. The van der Waals surface area contributed by atoms with Crippen LogP contribution in [0.3, 0.4) is 0 Å². The van der Waals surface area contributed by atoms with Crippen LogP contribution in [0.15, 0.2) is 49.1 Å². The average Bonchev–Trinajstić information content (AvgIpc) is 2.97. The molecule has 4 rings (SSSR count). The van der Waals surface area contributed by atoms with Crippen LogP contribution in [0.2, 0.25) is 10.0 Å². The molecule has 3 aromatic heterocycles. The number of halogens is 2. The van der Waals surface area contributed by atoms with Gasteiger partial charge in [-0.2, -0.15) is 0 Å². The molecule has 0 amide bonds. The molecule has 130 valence electrons. The summed E-state index contributed by atoms with van der Waals surface area (Å²) in [5, 5.41) is 8.67. The van der Waals surface area contributed by atoms with Crippen molar-refractivity contribution in [2.45, 2.75) is 6.54 Å². The number of benzene rings is 1. The number of nitrogen functional groups attached to an aromatic ring is 1. The van der Waals surface area contributed by atoms with Gasteiger partial charge in [-0.25, -0.2) is 19.5 Å². The molecule has 0 saturated heterocycles. The molecule has 9 heteroatoms. The minimum Gasteiger partial charge on any atom is -0.382 e. The third-order valence-electron chi connectivity index (χ3n) is 3.82. The van der Waals surface area contributed by atoms with Crippen molar-refractivity contribution in [3.05, 3.63) is 64.7 Å². The van der Waals surface area contributed by atoms with Gasteiger partial charge in [0.1, 0.15) is 12.1 Å². The average molecular weight is 386 g/mol. The van der Waals surface area contributed by atoms with E-state index >= 15 is 0 Å². The Balaban J connectivity index is 1.63. The van der Waals surface area contributed by atoms with Gasteiger partial charge in [0.25, 0.3) is 0 Å². The van der Waals surface area contributed by atoms with E-state index in [-0.39, 0.29) is 0 Å². The standard InChI is InChI=1S/C17H13Cl2N7/c18-11-3-2-10(12(19)6-11)8-22-14-7-13(23-9-24-14)15-16(20)25-26-5-1-4-21-17(15)26/h1-7,9H,8H2,(H2,20,25)(H,22,23,24). The third-order valence-corrected chi connectivity index (χ3v) is 4.41. The SMILES string of the molecule is Nc1nn2cccnc2c1-c1cc(NCc2ccc(Cl)cc2Cl)ncn1. The molecule has 0 saturated carbocycles. The van der Waals surface area contributed by atoms with Gasteiger partial charge in [0, 0.05) is 35.1 Å². The van der Waals surface area contributed by atoms with Crippen LogP contribution in [0.1, 0.15) is 5.56 Å². The summed E-state index contributed by atoms with van der Waals surface area (Å²) in [5.41, 5.74) is 8.90. The van der Waals surface area contributed by atoms with E-state index in [1.807, 2.05) is 6.07 Å². The Hall–Kier alpha value is -2.90. The number of anilines is 2. The van der Waals surface area contributed by atoms with Crippen molar-refractivity contribution in [1.82, 2.24) is 24.6 Å². The molecular formula is C17H13Cl2N7. The van der Waals surface area contributed by atoms with Crippen LogP contribution in [0.4, 0.5) is 11.6 Å². The highest BCUT2D eigenvalue weighted by Gasteiger charge is 2.15. The fourth-order valence-corrected chi connectivity index (χ4v) is 3.07. The van der Waals surface area contributed by atoms with Crippen molar-refractivity contribution in [1.29, 1.82) is 0 Å². The van der Waals surface area contributed by atoms with E-state index < -0.39 is 0 Å². The number of nitrogens with one attached hydrogen (secondary N) is 1. The van der Waals surface area contributed by atoms with E-state index in [0.29, 0.717) is 45.1 Å². The molecule has 3 N–H and O–H groups in total. The van der Waals surface area contributed by atoms with Crippen LogP contribution in [-0.4, -0.2) is 24.6 Å². The lowest BCUT2D eigenvalue weighted by atomic mass is 10.2. The predicted octanol–water partition coefficient (Wildman–Crippen LogP) is 3.69. The zero-order chi connectivity index (χ0) is 18.1. The van der Waals surface area contributed by atoms with Gasteiger partial charge in [0.15, 0.2) is 11.5 Å². The van der Waals surface area contributed by atoms with Crippen LogP contribution in [0, 0.1) is 0 Å². The van der Waals surface area contributed by atoms with Crippen LogP contribution < -0.4 is 11.1 Å². The number of nitrogens with zero attached hydrogens (tertiary/aromatic N) is 5. The lowest BCUT2D eigenvalue weighted by molar-refractivity contribution is 0.945. The molecule has 1 aromatic carbocycles. The van der Waals surface area contributed by atoms with Crippen LogP contribution in [0.25, 0.3) is 16.9 Å². The number of aromatic nitrogens is 5. The number of fused-ring (bicyclic) bond motifs is 1. The zero-order valence-electron chi connectivity index (χ0n) is 13.4. The molecule has 26 heavy (non-hydrogen) atoms. The van der Waals surface area contributed by atoms with E-state index in [2.05, 4.69) is 25.4 Å². The van der Waals surface area contributed by atoms with Crippen molar-refractivity contribution in [3.8, 4) is 11.3 Å². The Labute approximate surface area is 158 Å². The number of rotatable bonds is 4. The van der Waals surface area contributed by atoms with Crippen molar-refractivity contribution < 1.29 is 0 Å². The summed E-state index contributed by atoms with van der Waals surface area (Å²) >= 11 is 12.1. The molecule has 0 radical (unpaired) electrons. The first-order chi connectivity index (χ1) is 12.6. The van der Waals surface area contributed by atoms with Gasteiger partial charge in [-0.05, 0) is 23.8 Å². The largest absolute Gasteiger partial charge is 0.382 e.